The Morgan fingerprint density at radius 1 is 1.15 bits per heavy atom. The van der Waals surface area contributed by atoms with Crippen molar-refractivity contribution in [3.05, 3.63) is 82.6 Å². The minimum absolute atomic E-state index is 0.0181. The van der Waals surface area contributed by atoms with E-state index in [2.05, 4.69) is 57.1 Å². The molecule has 0 saturated carbocycles. The first kappa shape index (κ1) is 16.9. The highest BCUT2D eigenvalue weighted by Crippen LogP contribution is 2.34. The van der Waals surface area contributed by atoms with Crippen LogP contribution in [0.1, 0.15) is 30.6 Å². The molecule has 132 valence electrons. The van der Waals surface area contributed by atoms with Gasteiger partial charge in [0.2, 0.25) is 0 Å². The minimum atomic E-state index is -0.0839. The first-order valence-corrected chi connectivity index (χ1v) is 9.55. The van der Waals surface area contributed by atoms with Crippen LogP contribution < -0.4 is 5.32 Å². The monoisotopic (exact) mass is 409 g/mol. The second-order valence-electron chi connectivity index (χ2n) is 6.42. The third-order valence-corrected chi connectivity index (χ3v) is 5.31. The Morgan fingerprint density at radius 3 is 2.81 bits per heavy atom. The number of anilines is 1. The minimum Gasteiger partial charge on any atom is -0.318 e. The van der Waals surface area contributed by atoms with Crippen molar-refractivity contribution in [1.29, 1.82) is 0 Å². The quantitative estimate of drug-likeness (QED) is 0.575. The zero-order valence-corrected chi connectivity index (χ0v) is 16.1. The number of aromatic nitrogens is 1. The number of nitrogens with one attached hydrogen (secondary N) is 1. The molecule has 1 aromatic heterocycles. The Hall–Kier alpha value is -2.53. The molecule has 0 aliphatic carbocycles. The standard InChI is InChI=1S/C21H20BrN3O/c1-2-18-20-11-6-12-24(20)19-10-4-3-7-15(19)14-25(18)21(26)23-17-9-5-8-16(22)13-17/h3-13,18H,2,14H2,1H3,(H,23,26). The predicted octanol–water partition coefficient (Wildman–Crippen LogP) is 5.74. The highest BCUT2D eigenvalue weighted by molar-refractivity contribution is 9.10. The number of carbonyl (C=O) groups excluding carboxylic acids is 1. The van der Waals surface area contributed by atoms with Gasteiger partial charge >= 0.3 is 6.03 Å². The smallest absolute Gasteiger partial charge is 0.318 e. The number of benzene rings is 2. The zero-order chi connectivity index (χ0) is 18.1. The van der Waals surface area contributed by atoms with E-state index < -0.39 is 0 Å². The average Bonchev–Trinajstić information content (AvgIpc) is 3.06. The SMILES string of the molecule is CCC1c2cccn2-c2ccccc2CN1C(=O)Nc1cccc(Br)c1. The second kappa shape index (κ2) is 7.00. The maximum atomic E-state index is 13.1. The third kappa shape index (κ3) is 3.03. The van der Waals surface area contributed by atoms with Crippen molar-refractivity contribution in [2.24, 2.45) is 0 Å². The molecule has 2 amide bonds. The van der Waals surface area contributed by atoms with Gasteiger partial charge in [0.15, 0.2) is 0 Å². The van der Waals surface area contributed by atoms with Crippen LogP contribution in [-0.4, -0.2) is 15.5 Å². The molecule has 1 aliphatic heterocycles. The molecule has 1 aliphatic rings. The van der Waals surface area contributed by atoms with Crippen molar-refractivity contribution >= 4 is 27.6 Å². The molecular weight excluding hydrogens is 390 g/mol. The average molecular weight is 410 g/mol. The molecular formula is C21H20BrN3O. The van der Waals surface area contributed by atoms with Crippen molar-refractivity contribution in [2.45, 2.75) is 25.9 Å². The van der Waals surface area contributed by atoms with Crippen LogP contribution in [0, 0.1) is 0 Å². The molecule has 2 aromatic carbocycles. The second-order valence-corrected chi connectivity index (χ2v) is 7.34. The lowest BCUT2D eigenvalue weighted by atomic mass is 10.1. The molecule has 2 heterocycles. The van der Waals surface area contributed by atoms with E-state index in [-0.39, 0.29) is 12.1 Å². The van der Waals surface area contributed by atoms with Crippen LogP contribution in [-0.2, 0) is 6.54 Å². The number of fused-ring (bicyclic) bond motifs is 3. The number of hydrogen-bond donors (Lipinski definition) is 1. The van der Waals surface area contributed by atoms with Crippen LogP contribution in [0.3, 0.4) is 0 Å². The number of halogens is 1. The van der Waals surface area contributed by atoms with E-state index in [4.69, 9.17) is 0 Å². The molecule has 26 heavy (non-hydrogen) atoms. The first-order chi connectivity index (χ1) is 12.7. The van der Waals surface area contributed by atoms with Gasteiger partial charge in [0.05, 0.1) is 18.3 Å². The molecule has 0 fully saturated rings. The first-order valence-electron chi connectivity index (χ1n) is 8.76. The zero-order valence-electron chi connectivity index (χ0n) is 14.5. The highest BCUT2D eigenvalue weighted by Gasteiger charge is 2.30. The molecule has 1 atom stereocenters. The Bertz CT molecular complexity index is 950. The van der Waals surface area contributed by atoms with Crippen molar-refractivity contribution < 1.29 is 4.79 Å². The lowest BCUT2D eigenvalue weighted by molar-refractivity contribution is 0.181. The van der Waals surface area contributed by atoms with Crippen LogP contribution in [0.15, 0.2) is 71.3 Å². The van der Waals surface area contributed by atoms with Gasteiger partial charge in [0.1, 0.15) is 0 Å². The fraction of sp³-hybridized carbons (Fsp3) is 0.190. The van der Waals surface area contributed by atoms with Crippen molar-refractivity contribution in [2.75, 3.05) is 5.32 Å². The molecule has 0 bridgehead atoms. The highest BCUT2D eigenvalue weighted by atomic mass is 79.9. The van der Waals surface area contributed by atoms with Crippen molar-refractivity contribution in [1.82, 2.24) is 9.47 Å². The summed E-state index contributed by atoms with van der Waals surface area (Å²) in [5.41, 5.74) is 4.21. The molecule has 0 spiro atoms. The van der Waals surface area contributed by atoms with Gasteiger partial charge in [-0.2, -0.15) is 0 Å². The van der Waals surface area contributed by atoms with Gasteiger partial charge in [0.25, 0.3) is 0 Å². The van der Waals surface area contributed by atoms with E-state index >= 15 is 0 Å². The maximum Gasteiger partial charge on any atom is 0.322 e. The summed E-state index contributed by atoms with van der Waals surface area (Å²) >= 11 is 3.46. The van der Waals surface area contributed by atoms with Crippen LogP contribution in [0.4, 0.5) is 10.5 Å². The fourth-order valence-corrected chi connectivity index (χ4v) is 4.02. The van der Waals surface area contributed by atoms with Crippen LogP contribution >= 0.6 is 15.9 Å². The van der Waals surface area contributed by atoms with Gasteiger partial charge in [-0.25, -0.2) is 4.79 Å². The van der Waals surface area contributed by atoms with Gasteiger partial charge in [-0.3, -0.25) is 0 Å². The summed E-state index contributed by atoms with van der Waals surface area (Å²) in [6, 6.07) is 20.0. The molecule has 0 saturated heterocycles. The summed E-state index contributed by atoms with van der Waals surface area (Å²) in [5, 5.41) is 3.05. The van der Waals surface area contributed by atoms with Gasteiger partial charge in [0, 0.05) is 22.1 Å². The summed E-state index contributed by atoms with van der Waals surface area (Å²) in [6.45, 7) is 2.70. The Kier molecular flexibility index (Phi) is 4.55. The maximum absolute atomic E-state index is 13.1. The van der Waals surface area contributed by atoms with E-state index in [9.17, 15) is 4.79 Å². The van der Waals surface area contributed by atoms with Gasteiger partial charge in [-0.15, -0.1) is 0 Å². The number of urea groups is 1. The topological polar surface area (TPSA) is 37.3 Å². The molecule has 0 radical (unpaired) electrons. The lowest BCUT2D eigenvalue weighted by Gasteiger charge is -2.29. The normalized spacial score (nSPS) is 15.8. The van der Waals surface area contributed by atoms with Crippen LogP contribution in [0.2, 0.25) is 0 Å². The lowest BCUT2D eigenvalue weighted by Crippen LogP contribution is -2.37. The molecule has 3 aromatic rings. The number of para-hydroxylation sites is 1. The van der Waals surface area contributed by atoms with Crippen molar-refractivity contribution in [3.63, 3.8) is 0 Å². The van der Waals surface area contributed by atoms with E-state index in [0.29, 0.717) is 6.54 Å². The molecule has 4 rings (SSSR count). The van der Waals surface area contributed by atoms with Gasteiger partial charge < -0.3 is 14.8 Å². The van der Waals surface area contributed by atoms with E-state index in [1.807, 2.05) is 47.4 Å². The molecule has 5 heteroatoms. The summed E-state index contributed by atoms with van der Waals surface area (Å²) in [7, 11) is 0. The summed E-state index contributed by atoms with van der Waals surface area (Å²) < 4.78 is 3.15. The van der Waals surface area contributed by atoms with E-state index in [0.717, 1.165) is 33.5 Å². The molecule has 4 nitrogen and oxygen atoms in total. The van der Waals surface area contributed by atoms with Gasteiger partial charge in [-0.1, -0.05) is 47.1 Å². The number of carbonyl (C=O) groups is 1. The van der Waals surface area contributed by atoms with Crippen molar-refractivity contribution in [3.8, 4) is 5.69 Å². The Balaban J connectivity index is 1.73. The number of hydrogen-bond acceptors (Lipinski definition) is 1. The fourth-order valence-electron chi connectivity index (χ4n) is 3.62. The Labute approximate surface area is 161 Å². The Morgan fingerprint density at radius 2 is 2.00 bits per heavy atom. The molecule has 1 unspecified atom stereocenters. The molecule has 1 N–H and O–H groups in total. The summed E-state index contributed by atoms with van der Waals surface area (Å²) in [5.74, 6) is 0. The van der Waals surface area contributed by atoms with E-state index in [1.54, 1.807) is 0 Å². The summed E-state index contributed by atoms with van der Waals surface area (Å²) in [4.78, 5) is 15.1. The summed E-state index contributed by atoms with van der Waals surface area (Å²) in [6.07, 6.45) is 2.93. The van der Waals surface area contributed by atoms with Crippen LogP contribution in [0.5, 0.6) is 0 Å². The largest absolute Gasteiger partial charge is 0.322 e. The van der Waals surface area contributed by atoms with Crippen LogP contribution in [0.25, 0.3) is 5.69 Å². The predicted molar refractivity (Wildman–Crippen MR) is 108 cm³/mol. The number of rotatable bonds is 2. The number of amides is 2. The third-order valence-electron chi connectivity index (χ3n) is 4.81. The number of nitrogens with zero attached hydrogens (tertiary/aromatic N) is 2. The van der Waals surface area contributed by atoms with E-state index in [1.165, 1.54) is 0 Å². The van der Waals surface area contributed by atoms with Gasteiger partial charge in [-0.05, 0) is 48.4 Å².